The van der Waals surface area contributed by atoms with Crippen molar-refractivity contribution in [1.29, 1.82) is 0 Å². The second-order valence-electron chi connectivity index (χ2n) is 7.65. The third-order valence-corrected chi connectivity index (χ3v) is 5.77. The molecule has 3 amide bonds. The summed E-state index contributed by atoms with van der Waals surface area (Å²) in [5.41, 5.74) is 3.25. The molecule has 0 aromatic heterocycles. The summed E-state index contributed by atoms with van der Waals surface area (Å²) >= 11 is 18.1. The lowest BCUT2D eigenvalue weighted by molar-refractivity contribution is -0.136. The van der Waals surface area contributed by atoms with Gasteiger partial charge in [-0.1, -0.05) is 47.8 Å². The van der Waals surface area contributed by atoms with Gasteiger partial charge in [0.25, 0.3) is 5.91 Å². The Bertz CT molecular complexity index is 1330. The van der Waals surface area contributed by atoms with Gasteiger partial charge in [0.1, 0.15) is 11.5 Å². The van der Waals surface area contributed by atoms with E-state index in [1.165, 1.54) is 18.3 Å². The number of hydrogen-bond acceptors (Lipinski definition) is 6. The summed E-state index contributed by atoms with van der Waals surface area (Å²) in [4.78, 5) is 36.6. The Labute approximate surface area is 234 Å². The number of benzene rings is 3. The van der Waals surface area contributed by atoms with Gasteiger partial charge in [0.2, 0.25) is 0 Å². The van der Waals surface area contributed by atoms with Gasteiger partial charge in [0.15, 0.2) is 6.61 Å². The van der Waals surface area contributed by atoms with E-state index < -0.39 is 17.7 Å². The van der Waals surface area contributed by atoms with E-state index in [-0.39, 0.29) is 17.4 Å². The molecule has 9 nitrogen and oxygen atoms in total. The molecule has 0 aliphatic rings. The van der Waals surface area contributed by atoms with Crippen LogP contribution in [0.1, 0.15) is 18.9 Å². The number of halogens is 3. The van der Waals surface area contributed by atoms with Crippen LogP contribution in [-0.2, 0) is 14.4 Å². The van der Waals surface area contributed by atoms with Crippen LogP contribution in [0, 0.1) is 0 Å². The molecular formula is C26H23Cl3N4O5. The lowest BCUT2D eigenvalue weighted by Crippen LogP contribution is -2.32. The van der Waals surface area contributed by atoms with Crippen LogP contribution in [0.3, 0.4) is 0 Å². The van der Waals surface area contributed by atoms with Crippen LogP contribution in [-0.4, -0.2) is 37.1 Å². The predicted octanol–water partition coefficient (Wildman–Crippen LogP) is 5.54. The second kappa shape index (κ2) is 14.2. The SMILES string of the molecule is CCCOc1ccc(NC(=O)C(=O)N/N=C\c2cc(Cl)ccc2OCC(=O)Nc2cccc(Cl)c2Cl)cc1. The molecular weight excluding hydrogens is 555 g/mol. The number of nitrogens with zero attached hydrogens (tertiary/aromatic N) is 1. The summed E-state index contributed by atoms with van der Waals surface area (Å²) in [6, 6.07) is 16.1. The van der Waals surface area contributed by atoms with Gasteiger partial charge < -0.3 is 20.1 Å². The number of ether oxygens (including phenoxy) is 2. The Morgan fingerprint density at radius 2 is 1.68 bits per heavy atom. The monoisotopic (exact) mass is 576 g/mol. The maximum absolute atomic E-state index is 12.3. The minimum absolute atomic E-state index is 0.208. The highest BCUT2D eigenvalue weighted by atomic mass is 35.5. The largest absolute Gasteiger partial charge is 0.494 e. The molecule has 0 radical (unpaired) electrons. The Morgan fingerprint density at radius 1 is 0.921 bits per heavy atom. The molecule has 12 heteroatoms. The molecule has 0 fully saturated rings. The summed E-state index contributed by atoms with van der Waals surface area (Å²) in [6.07, 6.45) is 2.11. The van der Waals surface area contributed by atoms with Crippen LogP contribution in [0.15, 0.2) is 65.8 Å². The van der Waals surface area contributed by atoms with Crippen molar-refractivity contribution >= 4 is 70.1 Å². The number of rotatable bonds is 10. The number of nitrogens with one attached hydrogen (secondary N) is 3. The van der Waals surface area contributed by atoms with Crippen molar-refractivity contribution in [1.82, 2.24) is 5.43 Å². The van der Waals surface area contributed by atoms with Gasteiger partial charge in [-0.15, -0.1) is 0 Å². The minimum Gasteiger partial charge on any atom is -0.494 e. The molecule has 0 saturated heterocycles. The summed E-state index contributed by atoms with van der Waals surface area (Å²) in [7, 11) is 0. The first kappa shape index (κ1) is 28.8. The number of anilines is 2. The van der Waals surface area contributed by atoms with Crippen LogP contribution >= 0.6 is 34.8 Å². The molecule has 3 aromatic carbocycles. The lowest BCUT2D eigenvalue weighted by Gasteiger charge is -2.11. The van der Waals surface area contributed by atoms with E-state index >= 15 is 0 Å². The van der Waals surface area contributed by atoms with E-state index in [0.717, 1.165) is 6.42 Å². The molecule has 0 heterocycles. The fraction of sp³-hybridized carbons (Fsp3) is 0.154. The number of hydrazone groups is 1. The molecule has 0 saturated carbocycles. The van der Waals surface area contributed by atoms with Gasteiger partial charge in [-0.05, 0) is 61.0 Å². The Balaban J connectivity index is 1.55. The van der Waals surface area contributed by atoms with Crippen molar-refractivity contribution < 1.29 is 23.9 Å². The Morgan fingerprint density at radius 3 is 2.42 bits per heavy atom. The summed E-state index contributed by atoms with van der Waals surface area (Å²) in [6.45, 7) is 2.22. The molecule has 3 aromatic rings. The van der Waals surface area contributed by atoms with Crippen LogP contribution in [0.4, 0.5) is 11.4 Å². The van der Waals surface area contributed by atoms with Crippen LogP contribution in [0.2, 0.25) is 15.1 Å². The zero-order valence-corrected chi connectivity index (χ0v) is 22.4. The highest BCUT2D eigenvalue weighted by Gasteiger charge is 2.14. The van der Waals surface area contributed by atoms with Crippen molar-refractivity contribution in [3.8, 4) is 11.5 Å². The molecule has 0 spiro atoms. The third-order valence-electron chi connectivity index (χ3n) is 4.72. The van der Waals surface area contributed by atoms with E-state index in [1.54, 1.807) is 48.5 Å². The molecule has 3 N–H and O–H groups in total. The van der Waals surface area contributed by atoms with E-state index in [2.05, 4.69) is 21.2 Å². The normalized spacial score (nSPS) is 10.6. The van der Waals surface area contributed by atoms with Crippen LogP contribution in [0.5, 0.6) is 11.5 Å². The molecule has 198 valence electrons. The van der Waals surface area contributed by atoms with Crippen LogP contribution in [0.25, 0.3) is 0 Å². The number of hydrogen-bond donors (Lipinski definition) is 3. The Kier molecular flexibility index (Phi) is 10.8. The summed E-state index contributed by atoms with van der Waals surface area (Å²) < 4.78 is 11.1. The maximum atomic E-state index is 12.3. The first-order chi connectivity index (χ1) is 18.3. The molecule has 0 unspecified atom stereocenters. The van der Waals surface area contributed by atoms with Crippen LogP contribution < -0.4 is 25.5 Å². The number of amides is 3. The van der Waals surface area contributed by atoms with Gasteiger partial charge >= 0.3 is 11.8 Å². The van der Waals surface area contributed by atoms with E-state index in [9.17, 15) is 14.4 Å². The quantitative estimate of drug-likeness (QED) is 0.166. The molecule has 38 heavy (non-hydrogen) atoms. The summed E-state index contributed by atoms with van der Waals surface area (Å²) in [5, 5.41) is 9.74. The van der Waals surface area contributed by atoms with Gasteiger partial charge in [0, 0.05) is 16.3 Å². The molecule has 3 rings (SSSR count). The lowest BCUT2D eigenvalue weighted by atomic mass is 10.2. The number of carbonyl (C=O) groups excluding carboxylic acids is 3. The summed E-state index contributed by atoms with van der Waals surface area (Å²) in [5.74, 6) is -1.47. The topological polar surface area (TPSA) is 118 Å². The van der Waals surface area contributed by atoms with Gasteiger partial charge in [-0.3, -0.25) is 14.4 Å². The molecule has 0 atom stereocenters. The molecule has 0 bridgehead atoms. The Hall–Kier alpha value is -3.79. The molecule has 0 aliphatic carbocycles. The highest BCUT2D eigenvalue weighted by Crippen LogP contribution is 2.29. The first-order valence-corrected chi connectivity index (χ1v) is 12.4. The van der Waals surface area contributed by atoms with Crippen molar-refractivity contribution in [3.63, 3.8) is 0 Å². The zero-order valence-electron chi connectivity index (χ0n) is 20.1. The second-order valence-corrected chi connectivity index (χ2v) is 8.87. The van der Waals surface area contributed by atoms with Gasteiger partial charge in [-0.2, -0.15) is 5.10 Å². The van der Waals surface area contributed by atoms with E-state index in [1.807, 2.05) is 6.92 Å². The zero-order chi connectivity index (χ0) is 27.5. The molecule has 0 aliphatic heterocycles. The van der Waals surface area contributed by atoms with Gasteiger partial charge in [0.05, 0.1) is 28.6 Å². The van der Waals surface area contributed by atoms with Crippen molar-refractivity contribution in [2.24, 2.45) is 5.10 Å². The fourth-order valence-corrected chi connectivity index (χ4v) is 3.46. The van der Waals surface area contributed by atoms with E-state index in [0.29, 0.717) is 39.3 Å². The average molecular weight is 578 g/mol. The first-order valence-electron chi connectivity index (χ1n) is 11.3. The fourth-order valence-electron chi connectivity index (χ4n) is 2.94. The average Bonchev–Trinajstić information content (AvgIpc) is 2.90. The maximum Gasteiger partial charge on any atom is 0.329 e. The smallest absolute Gasteiger partial charge is 0.329 e. The number of carbonyl (C=O) groups is 3. The van der Waals surface area contributed by atoms with Gasteiger partial charge in [-0.25, -0.2) is 5.43 Å². The van der Waals surface area contributed by atoms with Crippen molar-refractivity contribution in [3.05, 3.63) is 81.3 Å². The third kappa shape index (κ3) is 8.65. The van der Waals surface area contributed by atoms with E-state index in [4.69, 9.17) is 44.3 Å². The van der Waals surface area contributed by atoms with Crippen molar-refractivity contribution in [2.45, 2.75) is 13.3 Å². The highest BCUT2D eigenvalue weighted by molar-refractivity contribution is 6.44. The minimum atomic E-state index is -0.991. The predicted molar refractivity (Wildman–Crippen MR) is 149 cm³/mol. The standard InChI is InChI=1S/C26H23Cl3N4O5/c1-2-12-37-19-9-7-18(8-10-19)31-25(35)26(36)33-30-14-16-13-17(27)6-11-22(16)38-15-23(34)32-21-5-3-4-20(28)24(21)29/h3-11,13-14H,2,12,15H2,1H3,(H,31,35)(H,32,34)(H,33,36)/b30-14-. The van der Waals surface area contributed by atoms with Crippen molar-refractivity contribution in [2.75, 3.05) is 23.8 Å².